The predicted octanol–water partition coefficient (Wildman–Crippen LogP) is 2.12. The summed E-state index contributed by atoms with van der Waals surface area (Å²) in [5, 5.41) is 6.97. The number of hydrogen-bond donors (Lipinski definition) is 2. The molecule has 0 saturated carbocycles. The Balaban J connectivity index is 1.51. The quantitative estimate of drug-likeness (QED) is 0.620. The maximum Gasteiger partial charge on any atom is 0.191 e. The highest BCUT2D eigenvalue weighted by molar-refractivity contribution is 5.80. The minimum Gasteiger partial charge on any atom is -0.373 e. The van der Waals surface area contributed by atoms with Crippen LogP contribution in [-0.2, 0) is 17.8 Å². The molecule has 3 atom stereocenters. The first-order valence-corrected chi connectivity index (χ1v) is 9.07. The minimum absolute atomic E-state index is 0.362. The number of ether oxygens (including phenoxy) is 1. The summed E-state index contributed by atoms with van der Waals surface area (Å²) in [6.07, 6.45) is 4.31. The van der Waals surface area contributed by atoms with E-state index in [1.54, 1.807) is 0 Å². The lowest BCUT2D eigenvalue weighted by molar-refractivity contribution is 0.0992. The first-order chi connectivity index (χ1) is 11.7. The normalized spacial score (nSPS) is 26.2. The van der Waals surface area contributed by atoms with Crippen LogP contribution in [0.3, 0.4) is 0 Å². The monoisotopic (exact) mass is 330 g/mol. The van der Waals surface area contributed by atoms with E-state index in [4.69, 9.17) is 4.74 Å². The highest BCUT2D eigenvalue weighted by Crippen LogP contribution is 2.34. The molecule has 2 aliphatic rings. The van der Waals surface area contributed by atoms with Gasteiger partial charge in [-0.1, -0.05) is 31.2 Å². The fourth-order valence-corrected chi connectivity index (χ4v) is 3.61. The molecule has 3 rings (SSSR count). The molecular weight excluding hydrogens is 300 g/mol. The van der Waals surface area contributed by atoms with Gasteiger partial charge in [0.1, 0.15) is 0 Å². The standard InChI is InChI=1S/C19H30N4O/c1-4-23(3)13-15-7-5-6-14(10-15)12-21-19(20-2)22-17-11-16-8-9-18(17)24-16/h5-7,10,16-18H,4,8-9,11-13H2,1-3H3,(H2,20,21,22). The van der Waals surface area contributed by atoms with Gasteiger partial charge in [0, 0.05) is 20.1 Å². The average Bonchev–Trinajstić information content (AvgIpc) is 3.21. The Labute approximate surface area is 145 Å². The molecular formula is C19H30N4O. The van der Waals surface area contributed by atoms with Gasteiger partial charge in [0.15, 0.2) is 5.96 Å². The van der Waals surface area contributed by atoms with Crippen molar-refractivity contribution in [3.05, 3.63) is 35.4 Å². The van der Waals surface area contributed by atoms with E-state index in [1.165, 1.54) is 24.0 Å². The van der Waals surface area contributed by atoms with Crippen LogP contribution >= 0.6 is 0 Å². The second kappa shape index (κ2) is 7.99. The van der Waals surface area contributed by atoms with E-state index in [1.807, 2.05) is 7.05 Å². The molecule has 5 nitrogen and oxygen atoms in total. The van der Waals surface area contributed by atoms with Crippen molar-refractivity contribution in [3.8, 4) is 0 Å². The van der Waals surface area contributed by atoms with Crippen LogP contribution in [-0.4, -0.2) is 49.7 Å². The van der Waals surface area contributed by atoms with Crippen molar-refractivity contribution in [2.24, 2.45) is 4.99 Å². The van der Waals surface area contributed by atoms with E-state index >= 15 is 0 Å². The molecule has 2 heterocycles. The summed E-state index contributed by atoms with van der Waals surface area (Å²) in [6, 6.07) is 9.16. The van der Waals surface area contributed by atoms with Crippen molar-refractivity contribution in [2.75, 3.05) is 20.6 Å². The Kier molecular flexibility index (Phi) is 5.74. The molecule has 0 amide bonds. The molecule has 2 saturated heterocycles. The fourth-order valence-electron chi connectivity index (χ4n) is 3.61. The minimum atomic E-state index is 0.362. The maximum atomic E-state index is 5.91. The van der Waals surface area contributed by atoms with Gasteiger partial charge in [-0.3, -0.25) is 4.99 Å². The summed E-state index contributed by atoms with van der Waals surface area (Å²) in [5.74, 6) is 0.868. The molecule has 2 aliphatic heterocycles. The van der Waals surface area contributed by atoms with Crippen LogP contribution in [0.25, 0.3) is 0 Å². The third-order valence-corrected chi connectivity index (χ3v) is 5.10. The van der Waals surface area contributed by atoms with Crippen molar-refractivity contribution >= 4 is 5.96 Å². The highest BCUT2D eigenvalue weighted by atomic mass is 16.5. The van der Waals surface area contributed by atoms with Crippen LogP contribution in [0.2, 0.25) is 0 Å². The molecule has 0 aliphatic carbocycles. The van der Waals surface area contributed by atoms with Gasteiger partial charge in [-0.2, -0.15) is 0 Å². The molecule has 2 fully saturated rings. The van der Waals surface area contributed by atoms with E-state index in [2.05, 4.69) is 58.8 Å². The molecule has 2 N–H and O–H groups in total. The van der Waals surface area contributed by atoms with Crippen LogP contribution in [0.1, 0.15) is 37.3 Å². The second-order valence-corrected chi connectivity index (χ2v) is 6.94. The summed E-state index contributed by atoms with van der Waals surface area (Å²) in [5.41, 5.74) is 2.63. The van der Waals surface area contributed by atoms with Crippen LogP contribution in [0.15, 0.2) is 29.3 Å². The number of aliphatic imine (C=N–C) groups is 1. The summed E-state index contributed by atoms with van der Waals surface area (Å²) < 4.78 is 5.91. The van der Waals surface area contributed by atoms with Gasteiger partial charge in [-0.25, -0.2) is 0 Å². The Morgan fingerprint density at radius 3 is 2.83 bits per heavy atom. The van der Waals surface area contributed by atoms with E-state index in [0.717, 1.165) is 32.0 Å². The summed E-state index contributed by atoms with van der Waals surface area (Å²) in [4.78, 5) is 6.67. The van der Waals surface area contributed by atoms with Crippen LogP contribution in [0.4, 0.5) is 0 Å². The van der Waals surface area contributed by atoms with Gasteiger partial charge >= 0.3 is 0 Å². The largest absolute Gasteiger partial charge is 0.373 e. The lowest BCUT2D eigenvalue weighted by Gasteiger charge is -2.22. The van der Waals surface area contributed by atoms with Gasteiger partial charge in [-0.15, -0.1) is 0 Å². The van der Waals surface area contributed by atoms with Gasteiger partial charge < -0.3 is 20.3 Å². The zero-order chi connectivity index (χ0) is 16.9. The molecule has 132 valence electrons. The fraction of sp³-hybridized carbons (Fsp3) is 0.632. The number of hydrogen-bond acceptors (Lipinski definition) is 3. The molecule has 2 bridgehead atoms. The number of fused-ring (bicyclic) bond motifs is 2. The Bertz CT molecular complexity index is 574. The SMILES string of the molecule is CCN(C)Cc1cccc(CNC(=NC)NC2CC3CCC2O3)c1. The van der Waals surface area contributed by atoms with Crippen LogP contribution in [0, 0.1) is 0 Å². The van der Waals surface area contributed by atoms with Crippen LogP contribution < -0.4 is 10.6 Å². The lowest BCUT2D eigenvalue weighted by Crippen LogP contribution is -2.47. The van der Waals surface area contributed by atoms with Gasteiger partial charge in [-0.05, 0) is 44.0 Å². The molecule has 0 spiro atoms. The number of nitrogens with one attached hydrogen (secondary N) is 2. The molecule has 24 heavy (non-hydrogen) atoms. The van der Waals surface area contributed by atoms with Gasteiger partial charge in [0.25, 0.3) is 0 Å². The Hall–Kier alpha value is -1.59. The maximum absolute atomic E-state index is 5.91. The molecule has 0 radical (unpaired) electrons. The Morgan fingerprint density at radius 2 is 2.17 bits per heavy atom. The smallest absolute Gasteiger partial charge is 0.191 e. The molecule has 1 aromatic carbocycles. The van der Waals surface area contributed by atoms with E-state index < -0.39 is 0 Å². The third-order valence-electron chi connectivity index (χ3n) is 5.10. The summed E-state index contributed by atoms with van der Waals surface area (Å²) in [7, 11) is 3.98. The zero-order valence-electron chi connectivity index (χ0n) is 15.1. The van der Waals surface area contributed by atoms with Crippen molar-refractivity contribution in [2.45, 2.75) is 57.5 Å². The van der Waals surface area contributed by atoms with Crippen molar-refractivity contribution < 1.29 is 4.74 Å². The van der Waals surface area contributed by atoms with Crippen LogP contribution in [0.5, 0.6) is 0 Å². The van der Waals surface area contributed by atoms with Crippen molar-refractivity contribution in [3.63, 3.8) is 0 Å². The molecule has 5 heteroatoms. The van der Waals surface area contributed by atoms with Gasteiger partial charge in [0.05, 0.1) is 18.2 Å². The molecule has 1 aromatic rings. The van der Waals surface area contributed by atoms with Crippen molar-refractivity contribution in [1.29, 1.82) is 0 Å². The third kappa shape index (κ3) is 4.28. The number of benzene rings is 1. The second-order valence-electron chi connectivity index (χ2n) is 6.94. The van der Waals surface area contributed by atoms with Gasteiger partial charge in [0.2, 0.25) is 0 Å². The number of rotatable bonds is 6. The number of guanidine groups is 1. The average molecular weight is 330 g/mol. The van der Waals surface area contributed by atoms with E-state index in [0.29, 0.717) is 18.2 Å². The highest BCUT2D eigenvalue weighted by Gasteiger charge is 2.41. The number of nitrogens with zero attached hydrogens (tertiary/aromatic N) is 2. The Morgan fingerprint density at radius 1 is 1.33 bits per heavy atom. The zero-order valence-corrected chi connectivity index (χ0v) is 15.1. The molecule has 0 aromatic heterocycles. The summed E-state index contributed by atoms with van der Waals surface area (Å²) in [6.45, 7) is 5.01. The first-order valence-electron chi connectivity index (χ1n) is 9.07. The predicted molar refractivity (Wildman–Crippen MR) is 98.1 cm³/mol. The summed E-state index contributed by atoms with van der Waals surface area (Å²) >= 11 is 0. The lowest BCUT2D eigenvalue weighted by atomic mass is 9.96. The van der Waals surface area contributed by atoms with E-state index in [9.17, 15) is 0 Å². The van der Waals surface area contributed by atoms with Crippen molar-refractivity contribution in [1.82, 2.24) is 15.5 Å². The molecule has 3 unspecified atom stereocenters. The first kappa shape index (κ1) is 17.2. The van der Waals surface area contributed by atoms with E-state index in [-0.39, 0.29) is 0 Å². The topological polar surface area (TPSA) is 48.9 Å².